The van der Waals surface area contributed by atoms with Crippen LogP contribution in [0.5, 0.6) is 11.5 Å². The zero-order valence-electron chi connectivity index (χ0n) is 43.6. The Balaban J connectivity index is 1.08. The maximum atomic E-state index is 6.24. The molecule has 3 heteroatoms. The first-order valence-electron chi connectivity index (χ1n) is 27.8. The molecule has 6 aromatic carbocycles. The van der Waals surface area contributed by atoms with Crippen LogP contribution in [0.25, 0.3) is 36.5 Å². The molecule has 0 saturated heterocycles. The summed E-state index contributed by atoms with van der Waals surface area (Å²) in [6, 6.07) is 53.7. The highest BCUT2D eigenvalue weighted by Crippen LogP contribution is 2.34. The average Bonchev–Trinajstić information content (AvgIpc) is 3.41. The lowest BCUT2D eigenvalue weighted by molar-refractivity contribution is 0.304. The predicted octanol–water partition coefficient (Wildman–Crippen LogP) is 21.0. The standard InChI is InChI=1S/C68H85NO2/c1-3-5-7-9-11-13-15-17-19-21-29-51-70-67-39-31-33-59(56-67)42-45-62-53-61(44-41-58-47-49-66(50-48-58)69(64-35-25-23-26-36-64)65-37-27-24-28-38-65)54-63(55-62)46-43-60-34-32-40-68(57-60)71-52-30-22-20-18-16-14-12-10-8-6-4-2/h23-28,31-50,53-57H,3-22,29-30,51-52H2,1-2H3/b44-41+,45-42+,46-43+. The van der Waals surface area contributed by atoms with Gasteiger partial charge in [0.05, 0.1) is 13.2 Å². The van der Waals surface area contributed by atoms with Crippen LogP contribution < -0.4 is 14.4 Å². The number of nitrogens with zero attached hydrogens (tertiary/aromatic N) is 1. The molecule has 6 aromatic rings. The molecule has 0 amide bonds. The molecular formula is C68H85NO2. The average molecular weight is 948 g/mol. The van der Waals surface area contributed by atoms with E-state index >= 15 is 0 Å². The largest absolute Gasteiger partial charge is 0.494 e. The molecule has 0 unspecified atom stereocenters. The van der Waals surface area contributed by atoms with Gasteiger partial charge in [0.2, 0.25) is 0 Å². The van der Waals surface area contributed by atoms with Gasteiger partial charge >= 0.3 is 0 Å². The van der Waals surface area contributed by atoms with Gasteiger partial charge in [-0.3, -0.25) is 0 Å². The quantitative estimate of drug-likeness (QED) is 0.0293. The van der Waals surface area contributed by atoms with Gasteiger partial charge in [-0.2, -0.15) is 0 Å². The van der Waals surface area contributed by atoms with Gasteiger partial charge in [0.15, 0.2) is 0 Å². The van der Waals surface area contributed by atoms with E-state index in [9.17, 15) is 0 Å². The Kier molecular flexibility index (Phi) is 25.6. The second-order valence-corrected chi connectivity index (χ2v) is 19.4. The van der Waals surface area contributed by atoms with Gasteiger partial charge in [-0.05, 0) is 125 Å². The van der Waals surface area contributed by atoms with Crippen LogP contribution in [0.4, 0.5) is 17.1 Å². The maximum absolute atomic E-state index is 6.24. The van der Waals surface area contributed by atoms with Crippen LogP contribution in [0.1, 0.15) is 188 Å². The number of unbranched alkanes of at least 4 members (excludes halogenated alkanes) is 20. The van der Waals surface area contributed by atoms with Crippen molar-refractivity contribution < 1.29 is 9.47 Å². The number of benzene rings is 6. The number of rotatable bonds is 35. The number of anilines is 3. The minimum atomic E-state index is 0.768. The molecule has 0 heterocycles. The van der Waals surface area contributed by atoms with Crippen molar-refractivity contribution >= 4 is 53.5 Å². The highest BCUT2D eigenvalue weighted by atomic mass is 16.5. The number of hydrogen-bond donors (Lipinski definition) is 0. The first kappa shape index (κ1) is 54.3. The number of ether oxygens (including phenoxy) is 2. The number of para-hydroxylation sites is 2. The van der Waals surface area contributed by atoms with Crippen LogP contribution >= 0.6 is 0 Å². The molecule has 0 fully saturated rings. The van der Waals surface area contributed by atoms with E-state index in [4.69, 9.17) is 9.47 Å². The highest BCUT2D eigenvalue weighted by molar-refractivity contribution is 5.81. The molecule has 0 aliphatic rings. The topological polar surface area (TPSA) is 21.7 Å². The van der Waals surface area contributed by atoms with Crippen LogP contribution in [-0.4, -0.2) is 13.2 Å². The molecule has 6 rings (SSSR count). The van der Waals surface area contributed by atoms with E-state index < -0.39 is 0 Å². The summed E-state index contributed by atoms with van der Waals surface area (Å²) in [5.74, 6) is 1.87. The lowest BCUT2D eigenvalue weighted by Crippen LogP contribution is -2.09. The Labute approximate surface area is 430 Å². The Morgan fingerprint density at radius 3 is 0.986 bits per heavy atom. The van der Waals surface area contributed by atoms with Crippen LogP contribution in [0.2, 0.25) is 0 Å². The minimum absolute atomic E-state index is 0.768. The molecule has 0 spiro atoms. The van der Waals surface area contributed by atoms with Crippen molar-refractivity contribution in [2.45, 2.75) is 155 Å². The van der Waals surface area contributed by atoms with Crippen molar-refractivity contribution in [2.24, 2.45) is 0 Å². The van der Waals surface area contributed by atoms with Gasteiger partial charge in [-0.25, -0.2) is 0 Å². The molecule has 0 aromatic heterocycles. The van der Waals surface area contributed by atoms with Crippen LogP contribution in [0.15, 0.2) is 152 Å². The number of hydrogen-bond acceptors (Lipinski definition) is 3. The first-order valence-corrected chi connectivity index (χ1v) is 27.8. The third-order valence-corrected chi connectivity index (χ3v) is 13.3. The van der Waals surface area contributed by atoms with Crippen LogP contribution in [0.3, 0.4) is 0 Å². The molecule has 0 N–H and O–H groups in total. The van der Waals surface area contributed by atoms with Crippen molar-refractivity contribution in [1.29, 1.82) is 0 Å². The van der Waals surface area contributed by atoms with E-state index in [1.54, 1.807) is 0 Å². The first-order chi connectivity index (χ1) is 35.2. The lowest BCUT2D eigenvalue weighted by atomic mass is 10.0. The van der Waals surface area contributed by atoms with E-state index in [2.05, 4.69) is 207 Å². The van der Waals surface area contributed by atoms with Gasteiger partial charge in [0.25, 0.3) is 0 Å². The van der Waals surface area contributed by atoms with E-state index in [1.165, 1.54) is 128 Å². The molecule has 0 saturated carbocycles. The minimum Gasteiger partial charge on any atom is -0.494 e. The van der Waals surface area contributed by atoms with E-state index in [1.807, 2.05) is 0 Å². The van der Waals surface area contributed by atoms with Gasteiger partial charge in [-0.1, -0.05) is 252 Å². The summed E-state index contributed by atoms with van der Waals surface area (Å²) < 4.78 is 12.5. The summed E-state index contributed by atoms with van der Waals surface area (Å²) in [5.41, 5.74) is 10.2. The zero-order chi connectivity index (χ0) is 49.2. The zero-order valence-corrected chi connectivity index (χ0v) is 43.6. The summed E-state index contributed by atoms with van der Waals surface area (Å²) in [6.07, 6.45) is 42.7. The van der Waals surface area contributed by atoms with Gasteiger partial charge in [-0.15, -0.1) is 0 Å². The van der Waals surface area contributed by atoms with Crippen molar-refractivity contribution in [3.05, 3.63) is 185 Å². The molecule has 71 heavy (non-hydrogen) atoms. The Morgan fingerprint density at radius 2 is 0.606 bits per heavy atom. The van der Waals surface area contributed by atoms with Gasteiger partial charge in [0.1, 0.15) is 11.5 Å². The van der Waals surface area contributed by atoms with Crippen molar-refractivity contribution in [3.8, 4) is 11.5 Å². The summed E-state index contributed by atoms with van der Waals surface area (Å²) in [5, 5.41) is 0. The normalized spacial score (nSPS) is 11.6. The van der Waals surface area contributed by atoms with E-state index in [-0.39, 0.29) is 0 Å². The summed E-state index contributed by atoms with van der Waals surface area (Å²) in [7, 11) is 0. The Morgan fingerprint density at radius 1 is 0.282 bits per heavy atom. The molecule has 3 nitrogen and oxygen atoms in total. The predicted molar refractivity (Wildman–Crippen MR) is 311 cm³/mol. The molecule has 0 aliphatic heterocycles. The fraction of sp³-hybridized carbons (Fsp3) is 0.382. The third kappa shape index (κ3) is 21.5. The highest BCUT2D eigenvalue weighted by Gasteiger charge is 2.11. The Hall–Kier alpha value is -6.06. The molecular weight excluding hydrogens is 863 g/mol. The fourth-order valence-corrected chi connectivity index (χ4v) is 9.23. The molecule has 0 atom stereocenters. The second-order valence-electron chi connectivity index (χ2n) is 19.4. The molecule has 374 valence electrons. The summed E-state index contributed by atoms with van der Waals surface area (Å²) in [4.78, 5) is 2.30. The monoisotopic (exact) mass is 948 g/mol. The SMILES string of the molecule is CCCCCCCCCCCCCOc1cccc(/C=C/c2cc(/C=C/c3ccc(N(c4ccccc4)c4ccccc4)cc3)cc(/C=C/c3cccc(OCCCCCCCCCCCCC)c3)c2)c1. The summed E-state index contributed by atoms with van der Waals surface area (Å²) in [6.45, 7) is 6.11. The second kappa shape index (κ2) is 33.5. The molecule has 0 aliphatic carbocycles. The fourth-order valence-electron chi connectivity index (χ4n) is 9.23. The van der Waals surface area contributed by atoms with E-state index in [0.29, 0.717) is 0 Å². The van der Waals surface area contributed by atoms with Crippen molar-refractivity contribution in [2.75, 3.05) is 18.1 Å². The van der Waals surface area contributed by atoms with Crippen molar-refractivity contribution in [1.82, 2.24) is 0 Å². The van der Waals surface area contributed by atoms with Crippen LogP contribution in [0, 0.1) is 0 Å². The Bertz CT molecular complexity index is 2270. The molecule has 0 radical (unpaired) electrons. The van der Waals surface area contributed by atoms with Crippen molar-refractivity contribution in [3.63, 3.8) is 0 Å². The third-order valence-electron chi connectivity index (χ3n) is 13.3. The molecule has 0 bridgehead atoms. The smallest absolute Gasteiger partial charge is 0.119 e. The van der Waals surface area contributed by atoms with Gasteiger partial charge < -0.3 is 14.4 Å². The van der Waals surface area contributed by atoms with Gasteiger partial charge in [0, 0.05) is 17.1 Å². The van der Waals surface area contributed by atoms with Crippen LogP contribution in [-0.2, 0) is 0 Å². The lowest BCUT2D eigenvalue weighted by Gasteiger charge is -2.25. The summed E-state index contributed by atoms with van der Waals surface area (Å²) >= 11 is 0. The maximum Gasteiger partial charge on any atom is 0.119 e. The van der Waals surface area contributed by atoms with E-state index in [0.717, 1.165) is 88.0 Å².